The summed E-state index contributed by atoms with van der Waals surface area (Å²) in [7, 11) is 0. The second-order valence-corrected chi connectivity index (χ2v) is 9.60. The van der Waals surface area contributed by atoms with Crippen LogP contribution in [0, 0.1) is 0 Å². The standard InChI is InChI=1S/C27H36N4O6/c1-5-14-31(25(35)21(16-22(28)33)30-26(36)37-27(2,3)4)23(19-12-9-13-20(32)15-19)24(34)29-17-18-10-7-6-8-11-18/h6-13,15,21,23,32H,5,14,16-17H2,1-4H3,(H2,28,33)(H,29,34)(H,30,36). The van der Waals surface area contributed by atoms with Crippen molar-refractivity contribution in [2.24, 2.45) is 5.73 Å². The van der Waals surface area contributed by atoms with Crippen LogP contribution in [0.1, 0.15) is 57.7 Å². The Labute approximate surface area is 217 Å². The molecule has 0 fully saturated rings. The van der Waals surface area contributed by atoms with Gasteiger partial charge in [0.05, 0.1) is 6.42 Å². The normalized spacial score (nSPS) is 12.6. The van der Waals surface area contributed by atoms with Gasteiger partial charge in [0, 0.05) is 13.1 Å². The van der Waals surface area contributed by atoms with Crippen molar-refractivity contribution in [3.63, 3.8) is 0 Å². The number of nitrogens with zero attached hydrogens (tertiary/aromatic N) is 1. The molecular weight excluding hydrogens is 476 g/mol. The number of alkyl carbamates (subject to hydrolysis) is 1. The van der Waals surface area contributed by atoms with E-state index in [1.807, 2.05) is 37.3 Å². The maximum absolute atomic E-state index is 13.8. The monoisotopic (exact) mass is 512 g/mol. The highest BCUT2D eigenvalue weighted by atomic mass is 16.6. The van der Waals surface area contributed by atoms with Gasteiger partial charge in [0.15, 0.2) is 0 Å². The molecule has 0 aliphatic carbocycles. The van der Waals surface area contributed by atoms with E-state index in [4.69, 9.17) is 10.5 Å². The summed E-state index contributed by atoms with van der Waals surface area (Å²) in [5.41, 5.74) is 5.76. The molecule has 10 nitrogen and oxygen atoms in total. The van der Waals surface area contributed by atoms with Crippen molar-refractivity contribution in [2.45, 2.75) is 64.8 Å². The third kappa shape index (κ3) is 9.47. The largest absolute Gasteiger partial charge is 0.508 e. The lowest BCUT2D eigenvalue weighted by Gasteiger charge is -2.34. The Hall–Kier alpha value is -4.08. The van der Waals surface area contributed by atoms with E-state index in [0.717, 1.165) is 5.56 Å². The van der Waals surface area contributed by atoms with Gasteiger partial charge in [0.25, 0.3) is 0 Å². The molecule has 0 aliphatic heterocycles. The molecule has 0 bridgehead atoms. The van der Waals surface area contributed by atoms with Gasteiger partial charge < -0.3 is 31.1 Å². The van der Waals surface area contributed by atoms with Crippen molar-refractivity contribution in [1.29, 1.82) is 0 Å². The molecule has 10 heteroatoms. The lowest BCUT2D eigenvalue weighted by molar-refractivity contribution is -0.143. The molecule has 0 saturated heterocycles. The molecule has 2 atom stereocenters. The summed E-state index contributed by atoms with van der Waals surface area (Å²) >= 11 is 0. The molecule has 0 spiro atoms. The average molecular weight is 513 g/mol. The van der Waals surface area contributed by atoms with E-state index < -0.39 is 47.9 Å². The molecule has 0 radical (unpaired) electrons. The predicted molar refractivity (Wildman–Crippen MR) is 138 cm³/mol. The number of aromatic hydroxyl groups is 1. The molecule has 4 amide bonds. The first-order chi connectivity index (χ1) is 17.4. The highest BCUT2D eigenvalue weighted by molar-refractivity contribution is 5.94. The lowest BCUT2D eigenvalue weighted by atomic mass is 10.0. The lowest BCUT2D eigenvalue weighted by Crippen LogP contribution is -2.54. The Morgan fingerprint density at radius 2 is 1.73 bits per heavy atom. The van der Waals surface area contributed by atoms with Crippen LogP contribution in [0.2, 0.25) is 0 Å². The molecule has 2 aromatic rings. The van der Waals surface area contributed by atoms with Crippen LogP contribution in [0.5, 0.6) is 5.75 Å². The van der Waals surface area contributed by atoms with Gasteiger partial charge in [-0.05, 0) is 50.5 Å². The summed E-state index contributed by atoms with van der Waals surface area (Å²) in [6.45, 7) is 7.15. The van der Waals surface area contributed by atoms with E-state index in [1.54, 1.807) is 32.9 Å². The number of hydrogen-bond acceptors (Lipinski definition) is 6. The Morgan fingerprint density at radius 1 is 1.05 bits per heavy atom. The van der Waals surface area contributed by atoms with Crippen molar-refractivity contribution in [1.82, 2.24) is 15.5 Å². The number of nitrogens with one attached hydrogen (secondary N) is 2. The van der Waals surface area contributed by atoms with Gasteiger partial charge in [-0.25, -0.2) is 4.79 Å². The van der Waals surface area contributed by atoms with Crippen molar-refractivity contribution in [2.75, 3.05) is 6.54 Å². The first-order valence-corrected chi connectivity index (χ1v) is 12.1. The van der Waals surface area contributed by atoms with Gasteiger partial charge in [0.2, 0.25) is 17.7 Å². The van der Waals surface area contributed by atoms with Gasteiger partial charge >= 0.3 is 6.09 Å². The van der Waals surface area contributed by atoms with Crippen molar-refractivity contribution >= 4 is 23.8 Å². The Balaban J connectivity index is 2.43. The van der Waals surface area contributed by atoms with E-state index in [2.05, 4.69) is 10.6 Å². The molecule has 2 aromatic carbocycles. The number of carbonyl (C=O) groups is 4. The first-order valence-electron chi connectivity index (χ1n) is 12.1. The third-order valence-corrected chi connectivity index (χ3v) is 5.20. The van der Waals surface area contributed by atoms with Gasteiger partial charge in [0.1, 0.15) is 23.4 Å². The maximum atomic E-state index is 13.8. The van der Waals surface area contributed by atoms with Crippen LogP contribution in [0.25, 0.3) is 0 Å². The van der Waals surface area contributed by atoms with Crippen LogP contribution in [-0.2, 0) is 25.7 Å². The van der Waals surface area contributed by atoms with E-state index in [1.165, 1.54) is 17.0 Å². The summed E-state index contributed by atoms with van der Waals surface area (Å²) in [6, 6.07) is 12.8. The minimum atomic E-state index is -1.36. The Kier molecular flexibility index (Phi) is 10.5. The van der Waals surface area contributed by atoms with Gasteiger partial charge in [-0.2, -0.15) is 0 Å². The second kappa shape index (κ2) is 13.3. The SMILES string of the molecule is CCCN(C(=O)C(CC(N)=O)NC(=O)OC(C)(C)C)C(C(=O)NCc1ccccc1)c1cccc(O)c1. The molecule has 37 heavy (non-hydrogen) atoms. The number of rotatable bonds is 11. The second-order valence-electron chi connectivity index (χ2n) is 9.60. The van der Waals surface area contributed by atoms with Gasteiger partial charge in [-0.15, -0.1) is 0 Å². The van der Waals surface area contributed by atoms with Crippen LogP contribution >= 0.6 is 0 Å². The number of carbonyl (C=O) groups excluding carboxylic acids is 4. The topological polar surface area (TPSA) is 151 Å². The average Bonchev–Trinajstić information content (AvgIpc) is 2.81. The molecule has 200 valence electrons. The van der Waals surface area contributed by atoms with Crippen LogP contribution in [0.4, 0.5) is 4.79 Å². The fraction of sp³-hybridized carbons (Fsp3) is 0.407. The number of hydrogen-bond donors (Lipinski definition) is 4. The van der Waals surface area contributed by atoms with Crippen LogP contribution in [-0.4, -0.2) is 52.0 Å². The number of primary amides is 1. The van der Waals surface area contributed by atoms with Crippen molar-refractivity contribution < 1.29 is 29.0 Å². The number of phenolic OH excluding ortho intramolecular Hbond substituents is 1. The smallest absolute Gasteiger partial charge is 0.408 e. The number of ether oxygens (including phenoxy) is 1. The van der Waals surface area contributed by atoms with E-state index in [0.29, 0.717) is 12.0 Å². The minimum absolute atomic E-state index is 0.0807. The molecule has 2 unspecified atom stereocenters. The summed E-state index contributed by atoms with van der Waals surface area (Å²) in [6.07, 6.45) is -0.912. The molecule has 0 saturated carbocycles. The molecule has 0 aromatic heterocycles. The van der Waals surface area contributed by atoms with Gasteiger partial charge in [-0.3, -0.25) is 14.4 Å². The van der Waals surface area contributed by atoms with Gasteiger partial charge in [-0.1, -0.05) is 49.4 Å². The molecule has 0 heterocycles. The van der Waals surface area contributed by atoms with Crippen LogP contribution in [0.15, 0.2) is 54.6 Å². The third-order valence-electron chi connectivity index (χ3n) is 5.20. The molecule has 2 rings (SSSR count). The van der Waals surface area contributed by atoms with E-state index in [9.17, 15) is 24.3 Å². The highest BCUT2D eigenvalue weighted by Gasteiger charge is 2.36. The summed E-state index contributed by atoms with van der Waals surface area (Å²) in [4.78, 5) is 52.8. The van der Waals surface area contributed by atoms with Crippen LogP contribution in [0.3, 0.4) is 0 Å². The first kappa shape index (κ1) is 29.2. The fourth-order valence-electron chi connectivity index (χ4n) is 3.71. The number of nitrogens with two attached hydrogens (primary N) is 1. The Morgan fingerprint density at radius 3 is 2.30 bits per heavy atom. The minimum Gasteiger partial charge on any atom is -0.508 e. The number of phenols is 1. The zero-order valence-electron chi connectivity index (χ0n) is 21.7. The van der Waals surface area contributed by atoms with Crippen LogP contribution < -0.4 is 16.4 Å². The molecule has 5 N–H and O–H groups in total. The predicted octanol–water partition coefficient (Wildman–Crippen LogP) is 2.76. The molecular formula is C27H36N4O6. The number of amides is 4. The summed E-state index contributed by atoms with van der Waals surface area (Å²) in [5.74, 6) is -2.07. The number of benzene rings is 2. The quantitative estimate of drug-likeness (QED) is 0.363. The highest BCUT2D eigenvalue weighted by Crippen LogP contribution is 2.26. The summed E-state index contributed by atoms with van der Waals surface area (Å²) < 4.78 is 5.25. The Bertz CT molecular complexity index is 1080. The maximum Gasteiger partial charge on any atom is 0.408 e. The summed E-state index contributed by atoms with van der Waals surface area (Å²) in [5, 5.41) is 15.4. The van der Waals surface area contributed by atoms with Crippen molar-refractivity contribution in [3.05, 3.63) is 65.7 Å². The fourth-order valence-corrected chi connectivity index (χ4v) is 3.71. The zero-order valence-corrected chi connectivity index (χ0v) is 21.7. The van der Waals surface area contributed by atoms with E-state index >= 15 is 0 Å². The van der Waals surface area contributed by atoms with E-state index in [-0.39, 0.29) is 18.8 Å². The zero-order chi connectivity index (χ0) is 27.6. The molecule has 0 aliphatic rings. The van der Waals surface area contributed by atoms with Crippen molar-refractivity contribution in [3.8, 4) is 5.75 Å².